The van der Waals surface area contributed by atoms with Crippen LogP contribution in [0.15, 0.2) is 83.9 Å². The first-order chi connectivity index (χ1) is 10.8. The normalized spacial score (nSPS) is 10.4. The van der Waals surface area contributed by atoms with Crippen LogP contribution in [-0.2, 0) is 6.54 Å². The molecular weight excluding hydrogens is 312 g/mol. The summed E-state index contributed by atoms with van der Waals surface area (Å²) < 4.78 is 2.18. The van der Waals surface area contributed by atoms with E-state index in [1.165, 1.54) is 5.56 Å². The Hall–Kier alpha value is -1.97. The van der Waals surface area contributed by atoms with Crippen LogP contribution in [0.25, 0.3) is 0 Å². The maximum Gasteiger partial charge on any atom is 0.138 e. The van der Waals surface area contributed by atoms with Gasteiger partial charge in [0, 0.05) is 16.1 Å². The van der Waals surface area contributed by atoms with E-state index in [9.17, 15) is 0 Å². The van der Waals surface area contributed by atoms with Gasteiger partial charge in [0.05, 0.1) is 6.54 Å². The summed E-state index contributed by atoms with van der Waals surface area (Å²) in [6.45, 7) is 0.783. The highest BCUT2D eigenvalue weighted by Crippen LogP contribution is 2.29. The van der Waals surface area contributed by atoms with Crippen LogP contribution in [0.1, 0.15) is 5.56 Å². The number of halogens is 1. The molecule has 0 aliphatic rings. The lowest BCUT2D eigenvalue weighted by Crippen LogP contribution is -2.14. The maximum absolute atomic E-state index is 5.96. The van der Waals surface area contributed by atoms with E-state index < -0.39 is 0 Å². The van der Waals surface area contributed by atoms with Crippen molar-refractivity contribution in [2.45, 2.75) is 11.4 Å². The second-order valence-corrected chi connectivity index (χ2v) is 6.29. The number of hydrogen-bond donors (Lipinski definition) is 0. The van der Waals surface area contributed by atoms with Crippen LogP contribution in [0.3, 0.4) is 0 Å². The van der Waals surface area contributed by atoms with Gasteiger partial charge in [0.1, 0.15) is 5.82 Å². The van der Waals surface area contributed by atoms with E-state index in [2.05, 4.69) is 33.6 Å². The molecule has 0 spiro atoms. The van der Waals surface area contributed by atoms with E-state index in [4.69, 9.17) is 11.6 Å². The third-order valence-electron chi connectivity index (χ3n) is 3.10. The summed E-state index contributed by atoms with van der Waals surface area (Å²) in [7, 11) is 0. The van der Waals surface area contributed by atoms with Gasteiger partial charge in [0.25, 0.3) is 0 Å². The first kappa shape index (κ1) is 14.9. The van der Waals surface area contributed by atoms with Crippen LogP contribution in [-0.4, -0.2) is 4.98 Å². The van der Waals surface area contributed by atoms with E-state index in [0.29, 0.717) is 0 Å². The number of rotatable bonds is 5. The second kappa shape index (κ2) is 7.34. The molecule has 0 atom stereocenters. The van der Waals surface area contributed by atoms with Crippen molar-refractivity contribution >= 4 is 29.4 Å². The molecule has 1 aromatic heterocycles. The molecular formula is C18H15ClN2S. The minimum atomic E-state index is 0.747. The molecule has 0 saturated carbocycles. The number of anilines is 1. The highest BCUT2D eigenvalue weighted by Gasteiger charge is 2.10. The van der Waals surface area contributed by atoms with Gasteiger partial charge in [-0.2, -0.15) is 0 Å². The van der Waals surface area contributed by atoms with Crippen LogP contribution in [0, 0.1) is 0 Å². The van der Waals surface area contributed by atoms with Gasteiger partial charge in [-0.15, -0.1) is 0 Å². The Kier molecular flexibility index (Phi) is 4.99. The van der Waals surface area contributed by atoms with E-state index in [-0.39, 0.29) is 0 Å². The molecule has 22 heavy (non-hydrogen) atoms. The average Bonchev–Trinajstić information content (AvgIpc) is 2.58. The first-order valence-electron chi connectivity index (χ1n) is 6.97. The van der Waals surface area contributed by atoms with Crippen molar-refractivity contribution in [1.29, 1.82) is 0 Å². The number of hydrogen-bond acceptors (Lipinski definition) is 3. The summed E-state index contributed by atoms with van der Waals surface area (Å²) in [6, 6.07) is 24.2. The summed E-state index contributed by atoms with van der Waals surface area (Å²) >= 11 is 7.62. The fraction of sp³-hybridized carbons (Fsp3) is 0.0556. The minimum Gasteiger partial charge on any atom is -0.292 e. The fourth-order valence-corrected chi connectivity index (χ4v) is 3.09. The van der Waals surface area contributed by atoms with Crippen LogP contribution in [0.4, 0.5) is 5.82 Å². The first-order valence-corrected chi connectivity index (χ1v) is 8.12. The van der Waals surface area contributed by atoms with Gasteiger partial charge in [-0.1, -0.05) is 48.0 Å². The predicted molar refractivity (Wildman–Crippen MR) is 94.2 cm³/mol. The summed E-state index contributed by atoms with van der Waals surface area (Å²) in [5, 5.41) is 0.747. The molecule has 110 valence electrons. The molecule has 1 heterocycles. The molecule has 3 rings (SSSR count). The van der Waals surface area contributed by atoms with Crippen molar-refractivity contribution in [1.82, 2.24) is 4.98 Å². The quantitative estimate of drug-likeness (QED) is 0.580. The Morgan fingerprint density at radius 1 is 0.864 bits per heavy atom. The van der Waals surface area contributed by atoms with Gasteiger partial charge in [0.15, 0.2) is 0 Å². The van der Waals surface area contributed by atoms with E-state index >= 15 is 0 Å². The molecule has 0 unspecified atom stereocenters. The summed E-state index contributed by atoms with van der Waals surface area (Å²) in [4.78, 5) is 5.60. The molecule has 0 bridgehead atoms. The summed E-state index contributed by atoms with van der Waals surface area (Å²) in [5.41, 5.74) is 1.25. The minimum absolute atomic E-state index is 0.747. The molecule has 0 aliphatic heterocycles. The standard InChI is InChI=1S/C18H15ClN2S/c19-16-9-11-17(12-10-16)22-21(18-8-4-5-13-20-18)14-15-6-2-1-3-7-15/h1-13H,14H2. The molecule has 0 saturated heterocycles. The van der Waals surface area contributed by atoms with Gasteiger partial charge >= 0.3 is 0 Å². The topological polar surface area (TPSA) is 16.1 Å². The molecule has 0 aliphatic carbocycles. The lowest BCUT2D eigenvalue weighted by molar-refractivity contribution is 1.02. The van der Waals surface area contributed by atoms with Crippen LogP contribution < -0.4 is 4.31 Å². The van der Waals surface area contributed by atoms with Gasteiger partial charge < -0.3 is 0 Å². The lowest BCUT2D eigenvalue weighted by Gasteiger charge is -2.22. The molecule has 2 nitrogen and oxygen atoms in total. The Morgan fingerprint density at radius 3 is 2.27 bits per heavy atom. The van der Waals surface area contributed by atoms with Gasteiger partial charge in [0.2, 0.25) is 0 Å². The molecule has 0 N–H and O–H groups in total. The Labute approximate surface area is 139 Å². The zero-order valence-corrected chi connectivity index (χ0v) is 13.5. The fourth-order valence-electron chi connectivity index (χ4n) is 2.03. The number of pyridine rings is 1. The van der Waals surface area contributed by atoms with Crippen molar-refractivity contribution in [3.63, 3.8) is 0 Å². The number of aromatic nitrogens is 1. The lowest BCUT2D eigenvalue weighted by atomic mass is 10.2. The zero-order chi connectivity index (χ0) is 15.2. The SMILES string of the molecule is Clc1ccc(SN(Cc2ccccc2)c2ccccn2)cc1. The van der Waals surface area contributed by atoms with E-state index in [1.807, 2.05) is 54.7 Å². The molecule has 3 aromatic rings. The Morgan fingerprint density at radius 2 is 1.59 bits per heavy atom. The van der Waals surface area contributed by atoms with Crippen molar-refractivity contribution in [3.8, 4) is 0 Å². The van der Waals surface area contributed by atoms with Crippen molar-refractivity contribution < 1.29 is 0 Å². The van der Waals surface area contributed by atoms with Crippen molar-refractivity contribution in [2.24, 2.45) is 0 Å². The number of benzene rings is 2. The smallest absolute Gasteiger partial charge is 0.138 e. The molecule has 0 amide bonds. The van der Waals surface area contributed by atoms with E-state index in [1.54, 1.807) is 11.9 Å². The molecule has 0 fully saturated rings. The monoisotopic (exact) mass is 326 g/mol. The highest BCUT2D eigenvalue weighted by molar-refractivity contribution is 8.00. The summed E-state index contributed by atoms with van der Waals surface area (Å²) in [5.74, 6) is 0.936. The highest BCUT2D eigenvalue weighted by atomic mass is 35.5. The third-order valence-corrected chi connectivity index (χ3v) is 4.37. The maximum atomic E-state index is 5.96. The third kappa shape index (κ3) is 4.03. The summed E-state index contributed by atoms with van der Waals surface area (Å²) in [6.07, 6.45) is 1.82. The van der Waals surface area contributed by atoms with E-state index in [0.717, 1.165) is 22.3 Å². The largest absolute Gasteiger partial charge is 0.292 e. The predicted octanol–water partition coefficient (Wildman–Crippen LogP) is 5.45. The van der Waals surface area contributed by atoms with Crippen LogP contribution in [0.5, 0.6) is 0 Å². The van der Waals surface area contributed by atoms with Crippen LogP contribution in [0.2, 0.25) is 5.02 Å². The second-order valence-electron chi connectivity index (χ2n) is 4.76. The van der Waals surface area contributed by atoms with Crippen molar-refractivity contribution in [3.05, 3.63) is 89.6 Å². The van der Waals surface area contributed by atoms with Crippen LogP contribution >= 0.6 is 23.5 Å². The Bertz CT molecular complexity index is 702. The Balaban J connectivity index is 1.84. The molecule has 0 radical (unpaired) electrons. The average molecular weight is 327 g/mol. The molecule has 2 aromatic carbocycles. The zero-order valence-electron chi connectivity index (χ0n) is 11.9. The molecule has 4 heteroatoms. The van der Waals surface area contributed by atoms with Gasteiger partial charge in [-0.25, -0.2) is 4.98 Å². The number of nitrogens with zero attached hydrogens (tertiary/aromatic N) is 2. The van der Waals surface area contributed by atoms with Gasteiger partial charge in [-0.05, 0) is 53.9 Å². The van der Waals surface area contributed by atoms with Gasteiger partial charge in [-0.3, -0.25) is 4.31 Å². The van der Waals surface area contributed by atoms with Crippen molar-refractivity contribution in [2.75, 3.05) is 4.31 Å².